The van der Waals surface area contributed by atoms with E-state index < -0.39 is 0 Å². The number of nitrogens with one attached hydrogen (secondary N) is 1. The SMILES string of the molecule is CN1C(=O)C=C(Nc2ccccc2Cl)C1=O. The molecule has 1 aromatic carbocycles. The number of amides is 2. The maximum atomic E-state index is 11.6. The third-order valence-corrected chi connectivity index (χ3v) is 2.61. The molecule has 2 amide bonds. The van der Waals surface area contributed by atoms with E-state index in [1.807, 2.05) is 0 Å². The molecule has 0 aromatic heterocycles. The molecule has 4 nitrogen and oxygen atoms in total. The van der Waals surface area contributed by atoms with Crippen LogP contribution in [0.2, 0.25) is 5.02 Å². The zero-order valence-electron chi connectivity index (χ0n) is 8.53. The standard InChI is InChI=1S/C11H9ClN2O2/c1-14-10(15)6-9(11(14)16)13-8-5-3-2-4-7(8)12/h2-6,13H,1H3. The van der Waals surface area contributed by atoms with Crippen LogP contribution in [0.1, 0.15) is 0 Å². The van der Waals surface area contributed by atoms with Crippen LogP contribution in [0.25, 0.3) is 0 Å². The highest BCUT2D eigenvalue weighted by atomic mass is 35.5. The lowest BCUT2D eigenvalue weighted by Crippen LogP contribution is -2.27. The molecule has 0 aliphatic carbocycles. The summed E-state index contributed by atoms with van der Waals surface area (Å²) in [6.45, 7) is 0. The van der Waals surface area contributed by atoms with Crippen LogP contribution in [-0.4, -0.2) is 23.8 Å². The predicted molar refractivity (Wildman–Crippen MR) is 60.9 cm³/mol. The van der Waals surface area contributed by atoms with Crippen molar-refractivity contribution in [2.75, 3.05) is 12.4 Å². The van der Waals surface area contributed by atoms with Crippen molar-refractivity contribution in [1.82, 2.24) is 4.90 Å². The largest absolute Gasteiger partial charge is 0.350 e. The van der Waals surface area contributed by atoms with Gasteiger partial charge in [0.1, 0.15) is 5.70 Å². The number of carbonyl (C=O) groups excluding carboxylic acids is 2. The summed E-state index contributed by atoms with van der Waals surface area (Å²) in [6.07, 6.45) is 1.26. The average molecular weight is 237 g/mol. The normalized spacial score (nSPS) is 15.4. The highest BCUT2D eigenvalue weighted by Gasteiger charge is 2.27. The predicted octanol–water partition coefficient (Wildman–Crippen LogP) is 1.63. The molecular formula is C11H9ClN2O2. The van der Waals surface area contributed by atoms with Gasteiger partial charge in [-0.2, -0.15) is 0 Å². The van der Waals surface area contributed by atoms with E-state index in [-0.39, 0.29) is 17.5 Å². The second-order valence-corrected chi connectivity index (χ2v) is 3.77. The quantitative estimate of drug-likeness (QED) is 0.794. The van der Waals surface area contributed by atoms with Crippen LogP contribution in [0.4, 0.5) is 5.69 Å². The molecule has 1 aromatic rings. The van der Waals surface area contributed by atoms with Crippen LogP contribution >= 0.6 is 11.6 Å². The highest BCUT2D eigenvalue weighted by molar-refractivity contribution is 6.33. The molecule has 0 saturated carbocycles. The molecule has 0 bridgehead atoms. The van der Waals surface area contributed by atoms with Crippen LogP contribution in [0.5, 0.6) is 0 Å². The number of imide groups is 1. The van der Waals surface area contributed by atoms with E-state index in [0.29, 0.717) is 10.7 Å². The van der Waals surface area contributed by atoms with Gasteiger partial charge in [0.2, 0.25) is 0 Å². The number of carbonyl (C=O) groups is 2. The summed E-state index contributed by atoms with van der Waals surface area (Å²) in [5.74, 6) is -0.690. The molecule has 1 N–H and O–H groups in total. The Morgan fingerprint density at radius 1 is 1.25 bits per heavy atom. The van der Waals surface area contributed by atoms with Crippen molar-refractivity contribution in [3.8, 4) is 0 Å². The Bertz CT molecular complexity index is 497. The van der Waals surface area contributed by atoms with Crippen LogP contribution in [0.3, 0.4) is 0 Å². The minimum atomic E-state index is -0.357. The number of likely N-dealkylation sites (N-methyl/N-ethyl adjacent to an activating group) is 1. The van der Waals surface area contributed by atoms with Gasteiger partial charge in [-0.15, -0.1) is 0 Å². The zero-order valence-corrected chi connectivity index (χ0v) is 9.28. The topological polar surface area (TPSA) is 49.4 Å². The molecule has 0 fully saturated rings. The molecule has 16 heavy (non-hydrogen) atoms. The van der Waals surface area contributed by atoms with Crippen molar-refractivity contribution in [1.29, 1.82) is 0 Å². The van der Waals surface area contributed by atoms with Crippen molar-refractivity contribution in [2.45, 2.75) is 0 Å². The van der Waals surface area contributed by atoms with Gasteiger partial charge in [0.15, 0.2) is 0 Å². The van der Waals surface area contributed by atoms with E-state index in [9.17, 15) is 9.59 Å². The Morgan fingerprint density at radius 3 is 2.50 bits per heavy atom. The minimum absolute atomic E-state index is 0.237. The number of rotatable bonds is 2. The maximum absolute atomic E-state index is 11.6. The maximum Gasteiger partial charge on any atom is 0.277 e. The van der Waals surface area contributed by atoms with Gasteiger partial charge >= 0.3 is 0 Å². The van der Waals surface area contributed by atoms with E-state index >= 15 is 0 Å². The smallest absolute Gasteiger partial charge is 0.277 e. The first-order chi connectivity index (χ1) is 7.59. The Hall–Kier alpha value is -1.81. The van der Waals surface area contributed by atoms with Crippen molar-refractivity contribution in [3.05, 3.63) is 41.1 Å². The van der Waals surface area contributed by atoms with E-state index in [4.69, 9.17) is 11.6 Å². The van der Waals surface area contributed by atoms with Crippen LogP contribution in [0, 0.1) is 0 Å². The summed E-state index contributed by atoms with van der Waals surface area (Å²) < 4.78 is 0. The number of anilines is 1. The van der Waals surface area contributed by atoms with Crippen LogP contribution in [-0.2, 0) is 9.59 Å². The van der Waals surface area contributed by atoms with Crippen molar-refractivity contribution in [2.24, 2.45) is 0 Å². The Labute approximate surface area is 97.5 Å². The molecule has 1 aliphatic heterocycles. The number of halogens is 1. The first kappa shape index (κ1) is 10.7. The van der Waals surface area contributed by atoms with E-state index in [1.165, 1.54) is 13.1 Å². The fraction of sp³-hybridized carbons (Fsp3) is 0.0909. The Kier molecular flexibility index (Phi) is 2.66. The second kappa shape index (κ2) is 3.98. The second-order valence-electron chi connectivity index (χ2n) is 3.37. The first-order valence-corrected chi connectivity index (χ1v) is 5.02. The summed E-state index contributed by atoms with van der Waals surface area (Å²) >= 11 is 5.92. The van der Waals surface area contributed by atoms with E-state index in [1.54, 1.807) is 24.3 Å². The fourth-order valence-corrected chi connectivity index (χ4v) is 1.54. The molecule has 0 radical (unpaired) electrons. The van der Waals surface area contributed by atoms with Crippen molar-refractivity contribution >= 4 is 29.1 Å². The molecule has 0 atom stereocenters. The number of hydrogen-bond donors (Lipinski definition) is 1. The number of hydrogen-bond acceptors (Lipinski definition) is 3. The molecule has 5 heteroatoms. The summed E-state index contributed by atoms with van der Waals surface area (Å²) in [7, 11) is 1.43. The molecule has 1 aliphatic rings. The van der Waals surface area contributed by atoms with E-state index in [2.05, 4.69) is 5.32 Å². The third-order valence-electron chi connectivity index (χ3n) is 2.28. The zero-order chi connectivity index (χ0) is 11.7. The summed E-state index contributed by atoms with van der Waals surface area (Å²) in [4.78, 5) is 23.8. The number of benzene rings is 1. The monoisotopic (exact) mass is 236 g/mol. The first-order valence-electron chi connectivity index (χ1n) is 4.65. The summed E-state index contributed by atoms with van der Waals surface area (Å²) in [5.41, 5.74) is 0.840. The lowest BCUT2D eigenvalue weighted by atomic mass is 10.3. The van der Waals surface area contributed by atoms with Crippen molar-refractivity contribution in [3.63, 3.8) is 0 Å². The Balaban J connectivity index is 2.24. The highest BCUT2D eigenvalue weighted by Crippen LogP contribution is 2.23. The van der Waals surface area contributed by atoms with Gasteiger partial charge in [-0.25, -0.2) is 0 Å². The summed E-state index contributed by atoms with van der Waals surface area (Å²) in [6, 6.07) is 7.02. The van der Waals surface area contributed by atoms with Gasteiger partial charge in [0, 0.05) is 13.1 Å². The molecule has 82 valence electrons. The van der Waals surface area contributed by atoms with E-state index in [0.717, 1.165) is 4.90 Å². The Morgan fingerprint density at radius 2 is 1.94 bits per heavy atom. The molecular weight excluding hydrogens is 228 g/mol. The fourth-order valence-electron chi connectivity index (χ4n) is 1.36. The third kappa shape index (κ3) is 1.79. The van der Waals surface area contributed by atoms with Crippen molar-refractivity contribution < 1.29 is 9.59 Å². The van der Waals surface area contributed by atoms with Crippen LogP contribution < -0.4 is 5.32 Å². The van der Waals surface area contributed by atoms with Crippen LogP contribution in [0.15, 0.2) is 36.0 Å². The lowest BCUT2D eigenvalue weighted by molar-refractivity contribution is -0.135. The van der Waals surface area contributed by atoms with Gasteiger partial charge < -0.3 is 5.32 Å². The number of nitrogens with zero attached hydrogens (tertiary/aromatic N) is 1. The van der Waals surface area contributed by atoms with Gasteiger partial charge in [0.25, 0.3) is 11.8 Å². The summed E-state index contributed by atoms with van der Waals surface area (Å²) in [5, 5.41) is 3.34. The molecule has 0 spiro atoms. The number of para-hydroxylation sites is 1. The molecule has 1 heterocycles. The van der Waals surface area contributed by atoms with Gasteiger partial charge in [-0.05, 0) is 12.1 Å². The van der Waals surface area contributed by atoms with Gasteiger partial charge in [-0.3, -0.25) is 14.5 Å². The molecule has 0 unspecified atom stereocenters. The average Bonchev–Trinajstić information content (AvgIpc) is 2.50. The molecule has 2 rings (SSSR count). The van der Waals surface area contributed by atoms with Gasteiger partial charge in [0.05, 0.1) is 10.7 Å². The lowest BCUT2D eigenvalue weighted by Gasteiger charge is -2.09. The van der Waals surface area contributed by atoms with Gasteiger partial charge in [-0.1, -0.05) is 23.7 Å². The molecule has 0 saturated heterocycles. The minimum Gasteiger partial charge on any atom is -0.350 e.